The van der Waals surface area contributed by atoms with E-state index in [1.807, 2.05) is 0 Å². The first-order valence-corrected chi connectivity index (χ1v) is 5.33. The second-order valence-corrected chi connectivity index (χ2v) is 3.72. The van der Waals surface area contributed by atoms with Crippen molar-refractivity contribution in [1.82, 2.24) is 10.2 Å². The van der Waals surface area contributed by atoms with Gasteiger partial charge in [0.05, 0.1) is 12.1 Å². The molecule has 0 aliphatic carbocycles. The van der Waals surface area contributed by atoms with E-state index in [-0.39, 0.29) is 18.1 Å². The lowest BCUT2D eigenvalue weighted by Gasteiger charge is -2.05. The summed E-state index contributed by atoms with van der Waals surface area (Å²) in [6, 6.07) is 4.75. The van der Waals surface area contributed by atoms with Gasteiger partial charge < -0.3 is 9.84 Å². The molecule has 2 rings (SSSR count). The van der Waals surface area contributed by atoms with Gasteiger partial charge in [-0.25, -0.2) is 4.79 Å². The van der Waals surface area contributed by atoms with E-state index in [1.165, 1.54) is 6.07 Å². The number of carbonyl (C=O) groups is 1. The fourth-order valence-electron chi connectivity index (χ4n) is 1.40. The van der Waals surface area contributed by atoms with Gasteiger partial charge in [0.15, 0.2) is 5.75 Å². The Hall–Kier alpha value is -1.88. The van der Waals surface area contributed by atoms with Gasteiger partial charge >= 0.3 is 5.97 Å². The molecule has 0 atom stereocenters. The molecule has 1 heterocycles. The van der Waals surface area contributed by atoms with Crippen molar-refractivity contribution in [2.75, 3.05) is 6.61 Å². The number of benzene rings is 1. The van der Waals surface area contributed by atoms with Gasteiger partial charge in [-0.15, -0.1) is 10.2 Å². The van der Waals surface area contributed by atoms with E-state index in [9.17, 15) is 9.90 Å². The van der Waals surface area contributed by atoms with Crippen molar-refractivity contribution in [2.45, 2.75) is 6.92 Å². The number of carbonyl (C=O) groups excluding carboxylic acids is 1. The van der Waals surface area contributed by atoms with Crippen LogP contribution in [0.3, 0.4) is 0 Å². The van der Waals surface area contributed by atoms with Crippen LogP contribution in [0.4, 0.5) is 0 Å². The summed E-state index contributed by atoms with van der Waals surface area (Å²) in [6.07, 6.45) is 0. The van der Waals surface area contributed by atoms with E-state index in [0.29, 0.717) is 15.9 Å². The molecule has 0 fully saturated rings. The number of rotatable bonds is 2. The van der Waals surface area contributed by atoms with E-state index in [1.54, 1.807) is 19.1 Å². The number of halogens is 1. The maximum atomic E-state index is 11.5. The van der Waals surface area contributed by atoms with E-state index >= 15 is 0 Å². The fraction of sp³-hybridized carbons (Fsp3) is 0.182. The van der Waals surface area contributed by atoms with Crippen LogP contribution in [0, 0.1) is 0 Å². The first kappa shape index (κ1) is 11.6. The molecule has 1 N–H and O–H groups in total. The number of hydrogen-bond donors (Lipinski definition) is 1. The highest BCUT2D eigenvalue weighted by Gasteiger charge is 2.18. The lowest BCUT2D eigenvalue weighted by atomic mass is 10.2. The summed E-state index contributed by atoms with van der Waals surface area (Å²) in [7, 11) is 0. The van der Waals surface area contributed by atoms with E-state index < -0.39 is 5.97 Å². The monoisotopic (exact) mass is 252 g/mol. The summed E-state index contributed by atoms with van der Waals surface area (Å²) in [5, 5.41) is 18.2. The molecule has 1 aromatic heterocycles. The topological polar surface area (TPSA) is 72.3 Å². The first-order chi connectivity index (χ1) is 8.13. The standard InChI is InChI=1S/C11H9ClN2O3/c1-2-17-11(16)9-10(15)7-5-6(12)3-4-8(7)13-14-9/h3-5H,2H2,1H3,(H,13,15). The quantitative estimate of drug-likeness (QED) is 0.830. The number of nitrogens with zero attached hydrogens (tertiary/aromatic N) is 2. The van der Waals surface area contributed by atoms with Gasteiger partial charge in [-0.3, -0.25) is 0 Å². The third kappa shape index (κ3) is 2.14. The Labute approximate surface area is 102 Å². The molecule has 0 radical (unpaired) electrons. The SMILES string of the molecule is CCOC(=O)c1nnc2ccc(Cl)cc2c1O. The van der Waals surface area contributed by atoms with Gasteiger partial charge in [0.1, 0.15) is 0 Å². The van der Waals surface area contributed by atoms with Gasteiger partial charge in [0, 0.05) is 10.4 Å². The molecule has 0 aliphatic rings. The molecular weight excluding hydrogens is 244 g/mol. The van der Waals surface area contributed by atoms with E-state index in [2.05, 4.69) is 10.2 Å². The Morgan fingerprint density at radius 2 is 2.24 bits per heavy atom. The highest BCUT2D eigenvalue weighted by molar-refractivity contribution is 6.31. The third-order valence-corrected chi connectivity index (χ3v) is 2.40. The van der Waals surface area contributed by atoms with Crippen LogP contribution in [0.5, 0.6) is 5.75 Å². The summed E-state index contributed by atoms with van der Waals surface area (Å²) in [6.45, 7) is 1.87. The average Bonchev–Trinajstić information content (AvgIpc) is 2.30. The van der Waals surface area contributed by atoms with Crippen LogP contribution in [0.15, 0.2) is 18.2 Å². The minimum absolute atomic E-state index is 0.202. The highest BCUT2D eigenvalue weighted by Crippen LogP contribution is 2.28. The summed E-state index contributed by atoms with van der Waals surface area (Å²) < 4.78 is 4.75. The number of ether oxygens (including phenoxy) is 1. The van der Waals surface area contributed by atoms with E-state index in [0.717, 1.165) is 0 Å². The van der Waals surface area contributed by atoms with Crippen molar-refractivity contribution in [3.05, 3.63) is 28.9 Å². The van der Waals surface area contributed by atoms with Crippen molar-refractivity contribution in [3.63, 3.8) is 0 Å². The first-order valence-electron chi connectivity index (χ1n) is 4.95. The fourth-order valence-corrected chi connectivity index (χ4v) is 1.57. The highest BCUT2D eigenvalue weighted by atomic mass is 35.5. The number of aromatic nitrogens is 2. The summed E-state index contributed by atoms with van der Waals surface area (Å²) >= 11 is 5.81. The van der Waals surface area contributed by atoms with Gasteiger partial charge in [-0.05, 0) is 25.1 Å². The summed E-state index contributed by atoms with van der Waals surface area (Å²) in [5.41, 5.74) is 0.251. The molecule has 17 heavy (non-hydrogen) atoms. The van der Waals surface area contributed by atoms with Gasteiger partial charge in [0.2, 0.25) is 5.69 Å². The molecule has 6 heteroatoms. The summed E-state index contributed by atoms with van der Waals surface area (Å²) in [5.74, 6) is -0.977. The smallest absolute Gasteiger partial charge is 0.362 e. The molecule has 0 unspecified atom stereocenters. The normalized spacial score (nSPS) is 10.5. The zero-order valence-corrected chi connectivity index (χ0v) is 9.73. The predicted octanol–water partition coefficient (Wildman–Crippen LogP) is 2.17. The number of aromatic hydroxyl groups is 1. The van der Waals surface area contributed by atoms with Crippen LogP contribution in [-0.4, -0.2) is 27.9 Å². The molecule has 0 saturated heterocycles. The van der Waals surface area contributed by atoms with Crippen molar-refractivity contribution < 1.29 is 14.6 Å². The predicted molar refractivity (Wildman–Crippen MR) is 62.2 cm³/mol. The lowest BCUT2D eigenvalue weighted by Crippen LogP contribution is -2.08. The Bertz CT molecular complexity index is 586. The number of fused-ring (bicyclic) bond motifs is 1. The van der Waals surface area contributed by atoms with Crippen molar-refractivity contribution in [3.8, 4) is 5.75 Å². The Kier molecular flexibility index (Phi) is 3.10. The van der Waals surface area contributed by atoms with Crippen LogP contribution >= 0.6 is 11.6 Å². The van der Waals surface area contributed by atoms with Crippen LogP contribution in [0.25, 0.3) is 10.9 Å². The molecule has 0 amide bonds. The van der Waals surface area contributed by atoms with Gasteiger partial charge in [0.25, 0.3) is 0 Å². The Balaban J connectivity index is 2.60. The van der Waals surface area contributed by atoms with Crippen molar-refractivity contribution >= 4 is 28.5 Å². The lowest BCUT2D eigenvalue weighted by molar-refractivity contribution is 0.0515. The molecule has 5 nitrogen and oxygen atoms in total. The molecule has 0 saturated carbocycles. The second kappa shape index (κ2) is 4.55. The minimum atomic E-state index is -0.709. The maximum absolute atomic E-state index is 11.5. The molecule has 1 aromatic carbocycles. The van der Waals surface area contributed by atoms with E-state index in [4.69, 9.17) is 16.3 Å². The van der Waals surface area contributed by atoms with Gasteiger partial charge in [-0.1, -0.05) is 11.6 Å². The van der Waals surface area contributed by atoms with Gasteiger partial charge in [-0.2, -0.15) is 0 Å². The minimum Gasteiger partial charge on any atom is -0.505 e. The number of hydrogen-bond acceptors (Lipinski definition) is 5. The van der Waals surface area contributed by atoms with Crippen molar-refractivity contribution in [2.24, 2.45) is 0 Å². The average molecular weight is 253 g/mol. The molecular formula is C11H9ClN2O3. The molecule has 88 valence electrons. The Morgan fingerprint density at radius 3 is 2.94 bits per heavy atom. The Morgan fingerprint density at radius 1 is 1.47 bits per heavy atom. The van der Waals surface area contributed by atoms with Crippen molar-refractivity contribution in [1.29, 1.82) is 0 Å². The third-order valence-electron chi connectivity index (χ3n) is 2.16. The molecule has 2 aromatic rings. The molecule has 0 spiro atoms. The number of esters is 1. The summed E-state index contributed by atoms with van der Waals surface area (Å²) in [4.78, 5) is 11.5. The zero-order valence-electron chi connectivity index (χ0n) is 8.98. The second-order valence-electron chi connectivity index (χ2n) is 3.28. The zero-order chi connectivity index (χ0) is 12.4. The maximum Gasteiger partial charge on any atom is 0.362 e. The van der Waals surface area contributed by atoms with Crippen LogP contribution in [-0.2, 0) is 4.74 Å². The molecule has 0 bridgehead atoms. The molecule has 0 aliphatic heterocycles. The largest absolute Gasteiger partial charge is 0.505 e. The van der Waals surface area contributed by atoms with Crippen LogP contribution in [0.2, 0.25) is 5.02 Å². The van der Waals surface area contributed by atoms with Crippen LogP contribution in [0.1, 0.15) is 17.4 Å². The van der Waals surface area contributed by atoms with Crippen LogP contribution < -0.4 is 0 Å².